The van der Waals surface area contributed by atoms with Crippen molar-refractivity contribution in [2.45, 2.75) is 52.1 Å². The van der Waals surface area contributed by atoms with Gasteiger partial charge in [-0.15, -0.1) is 0 Å². The molecule has 4 nitrogen and oxygen atoms in total. The van der Waals surface area contributed by atoms with Gasteiger partial charge in [0.05, 0.1) is 0 Å². The van der Waals surface area contributed by atoms with Gasteiger partial charge in [-0.1, -0.05) is 26.8 Å². The van der Waals surface area contributed by atoms with Gasteiger partial charge in [0.25, 0.3) is 0 Å². The molecular formula is C23H26F3N2O2-. The SMILES string of the molecule is CC(C)(C)C1CC(Nc2ccc(F)cc2Cc2ccc(F)c(F)c2)CCN1C(=O)[O-]. The highest BCUT2D eigenvalue weighted by Gasteiger charge is 2.36. The molecular weight excluding hydrogens is 393 g/mol. The fraction of sp³-hybridized carbons (Fsp3) is 0.435. The second kappa shape index (κ2) is 8.58. The quantitative estimate of drug-likeness (QED) is 0.803. The minimum Gasteiger partial charge on any atom is -0.530 e. The number of carboxylic acid groups (broad SMARTS) is 1. The van der Waals surface area contributed by atoms with Gasteiger partial charge < -0.3 is 20.1 Å². The maximum atomic E-state index is 13.9. The zero-order valence-electron chi connectivity index (χ0n) is 17.3. The number of rotatable bonds is 4. The molecule has 2 unspecified atom stereocenters. The van der Waals surface area contributed by atoms with E-state index in [0.717, 1.165) is 12.1 Å². The molecule has 1 heterocycles. The molecule has 1 fully saturated rings. The van der Waals surface area contributed by atoms with E-state index in [2.05, 4.69) is 5.32 Å². The summed E-state index contributed by atoms with van der Waals surface area (Å²) in [5.41, 5.74) is 1.58. The van der Waals surface area contributed by atoms with Gasteiger partial charge in [-0.3, -0.25) is 0 Å². The van der Waals surface area contributed by atoms with E-state index in [-0.39, 0.29) is 23.9 Å². The van der Waals surface area contributed by atoms with Gasteiger partial charge in [0.1, 0.15) is 11.9 Å². The number of carbonyl (C=O) groups is 1. The molecule has 1 saturated heterocycles. The van der Waals surface area contributed by atoms with Gasteiger partial charge in [-0.2, -0.15) is 0 Å². The van der Waals surface area contributed by atoms with Crippen molar-refractivity contribution in [1.82, 2.24) is 4.90 Å². The molecule has 7 heteroatoms. The largest absolute Gasteiger partial charge is 0.530 e. The molecule has 0 spiro atoms. The lowest BCUT2D eigenvalue weighted by Crippen LogP contribution is -2.57. The summed E-state index contributed by atoms with van der Waals surface area (Å²) in [6.45, 7) is 6.31. The lowest BCUT2D eigenvalue weighted by atomic mass is 9.79. The lowest BCUT2D eigenvalue weighted by molar-refractivity contribution is -0.271. The van der Waals surface area contributed by atoms with Crippen LogP contribution in [-0.2, 0) is 6.42 Å². The highest BCUT2D eigenvalue weighted by atomic mass is 19.2. The molecule has 0 bridgehead atoms. The topological polar surface area (TPSA) is 55.4 Å². The van der Waals surface area contributed by atoms with Gasteiger partial charge in [-0.25, -0.2) is 13.2 Å². The first-order valence-corrected chi connectivity index (χ1v) is 10.0. The summed E-state index contributed by atoms with van der Waals surface area (Å²) in [7, 11) is 0. The van der Waals surface area contributed by atoms with E-state index in [0.29, 0.717) is 36.2 Å². The Morgan fingerprint density at radius 1 is 1.13 bits per heavy atom. The van der Waals surface area contributed by atoms with E-state index >= 15 is 0 Å². The van der Waals surface area contributed by atoms with E-state index in [1.807, 2.05) is 20.8 Å². The van der Waals surface area contributed by atoms with Gasteiger partial charge in [-0.05, 0) is 66.1 Å². The Morgan fingerprint density at radius 2 is 1.87 bits per heavy atom. The Kier molecular flexibility index (Phi) is 6.29. The number of nitrogens with one attached hydrogen (secondary N) is 1. The Balaban J connectivity index is 1.81. The molecule has 1 N–H and O–H groups in total. The van der Waals surface area contributed by atoms with Crippen LogP contribution in [0.25, 0.3) is 0 Å². The molecule has 1 aliphatic rings. The summed E-state index contributed by atoms with van der Waals surface area (Å²) >= 11 is 0. The predicted octanol–water partition coefficient (Wildman–Crippen LogP) is 4.33. The van der Waals surface area contributed by atoms with Crippen LogP contribution in [0, 0.1) is 22.9 Å². The number of piperidine rings is 1. The van der Waals surface area contributed by atoms with Gasteiger partial charge in [0.2, 0.25) is 0 Å². The second-order valence-corrected chi connectivity index (χ2v) is 8.93. The van der Waals surface area contributed by atoms with E-state index in [4.69, 9.17) is 0 Å². The van der Waals surface area contributed by atoms with Crippen LogP contribution in [0.2, 0.25) is 0 Å². The molecule has 0 aromatic heterocycles. The number of likely N-dealkylation sites (tertiary alicyclic amines) is 1. The molecule has 2 aromatic rings. The fourth-order valence-electron chi connectivity index (χ4n) is 4.07. The number of halogens is 3. The molecule has 3 rings (SSSR count). The van der Waals surface area contributed by atoms with Crippen molar-refractivity contribution in [1.29, 1.82) is 0 Å². The first-order chi connectivity index (χ1) is 14.0. The number of carbonyl (C=O) groups excluding carboxylic acids is 1. The van der Waals surface area contributed by atoms with Crippen LogP contribution in [0.4, 0.5) is 23.7 Å². The Morgan fingerprint density at radius 3 is 2.50 bits per heavy atom. The Bertz CT molecular complexity index is 927. The van der Waals surface area contributed by atoms with Gasteiger partial charge in [0.15, 0.2) is 11.6 Å². The van der Waals surface area contributed by atoms with Gasteiger partial charge in [0, 0.05) is 24.3 Å². The summed E-state index contributed by atoms with van der Waals surface area (Å²) in [4.78, 5) is 12.9. The predicted molar refractivity (Wildman–Crippen MR) is 108 cm³/mol. The number of benzene rings is 2. The number of hydrogen-bond donors (Lipinski definition) is 1. The van der Waals surface area contributed by atoms with E-state index in [1.54, 1.807) is 6.07 Å². The second-order valence-electron chi connectivity index (χ2n) is 8.93. The fourth-order valence-corrected chi connectivity index (χ4v) is 4.07. The van der Waals surface area contributed by atoms with Crippen LogP contribution in [-0.4, -0.2) is 29.6 Å². The molecule has 0 aliphatic carbocycles. The zero-order chi connectivity index (χ0) is 22.1. The maximum Gasteiger partial charge on any atom is 0.159 e. The highest BCUT2D eigenvalue weighted by molar-refractivity contribution is 5.63. The van der Waals surface area contributed by atoms with Crippen LogP contribution in [0.3, 0.4) is 0 Å². The van der Waals surface area contributed by atoms with Crippen LogP contribution in [0.5, 0.6) is 0 Å². The zero-order valence-corrected chi connectivity index (χ0v) is 17.3. The standard InChI is InChI=1S/C23H27F3N2O2/c1-23(2,3)21-13-17(8-9-28(21)22(29)30)27-20-7-5-16(24)12-15(20)10-14-4-6-18(25)19(26)11-14/h4-7,11-12,17,21,27H,8-10,13H2,1-3H3,(H,29,30)/p-1. The van der Waals surface area contributed by atoms with Crippen molar-refractivity contribution in [3.8, 4) is 0 Å². The van der Waals surface area contributed by atoms with E-state index < -0.39 is 23.5 Å². The summed E-state index contributed by atoms with van der Waals surface area (Å²) in [5.74, 6) is -2.29. The van der Waals surface area contributed by atoms with Crippen molar-refractivity contribution < 1.29 is 23.1 Å². The number of nitrogens with zero attached hydrogens (tertiary/aromatic N) is 1. The maximum absolute atomic E-state index is 13.9. The molecule has 0 saturated carbocycles. The molecule has 2 aromatic carbocycles. The molecule has 162 valence electrons. The average molecular weight is 419 g/mol. The van der Waals surface area contributed by atoms with Crippen LogP contribution in [0.15, 0.2) is 36.4 Å². The molecule has 1 aliphatic heterocycles. The normalized spacial score (nSPS) is 19.6. The summed E-state index contributed by atoms with van der Waals surface area (Å²) in [6, 6.07) is 7.75. The number of amides is 1. The Hall–Kier alpha value is -2.70. The third kappa shape index (κ3) is 5.07. The smallest absolute Gasteiger partial charge is 0.159 e. The number of hydrogen-bond acceptors (Lipinski definition) is 3. The van der Waals surface area contributed by atoms with Crippen molar-refractivity contribution in [3.63, 3.8) is 0 Å². The molecule has 2 atom stereocenters. The third-order valence-electron chi connectivity index (χ3n) is 5.64. The van der Waals surface area contributed by atoms with Crippen molar-refractivity contribution >= 4 is 11.8 Å². The monoisotopic (exact) mass is 419 g/mol. The Labute approximate surface area is 174 Å². The van der Waals surface area contributed by atoms with Gasteiger partial charge >= 0.3 is 0 Å². The van der Waals surface area contributed by atoms with Crippen LogP contribution in [0.1, 0.15) is 44.7 Å². The van der Waals surface area contributed by atoms with Crippen LogP contribution >= 0.6 is 0 Å². The van der Waals surface area contributed by atoms with Crippen molar-refractivity contribution in [2.24, 2.45) is 5.41 Å². The van der Waals surface area contributed by atoms with Crippen molar-refractivity contribution in [2.75, 3.05) is 11.9 Å². The first-order valence-electron chi connectivity index (χ1n) is 10.0. The highest BCUT2D eigenvalue weighted by Crippen LogP contribution is 2.33. The van der Waals surface area contributed by atoms with E-state index in [9.17, 15) is 23.1 Å². The third-order valence-corrected chi connectivity index (χ3v) is 5.64. The first kappa shape index (κ1) is 22.0. The minimum absolute atomic E-state index is 0.0148. The van der Waals surface area contributed by atoms with Crippen LogP contribution < -0.4 is 10.4 Å². The molecule has 30 heavy (non-hydrogen) atoms. The summed E-state index contributed by atoms with van der Waals surface area (Å²) < 4.78 is 40.7. The molecule has 0 radical (unpaired) electrons. The van der Waals surface area contributed by atoms with E-state index in [1.165, 1.54) is 23.1 Å². The van der Waals surface area contributed by atoms with Crippen molar-refractivity contribution in [3.05, 3.63) is 65.0 Å². The lowest BCUT2D eigenvalue weighted by Gasteiger charge is -2.47. The summed E-state index contributed by atoms with van der Waals surface area (Å²) in [6.07, 6.45) is 0.231. The average Bonchev–Trinajstić information content (AvgIpc) is 2.66. The molecule has 1 amide bonds. The summed E-state index contributed by atoms with van der Waals surface area (Å²) in [5, 5.41) is 14.9. The minimum atomic E-state index is -1.17. The number of anilines is 1.